The van der Waals surface area contributed by atoms with Crippen molar-refractivity contribution in [2.45, 2.75) is 20.8 Å². The minimum absolute atomic E-state index is 0.0817. The number of aryl methyl sites for hydroxylation is 3. The number of hydrogen-bond donors (Lipinski definition) is 0. The number of hydrogen-bond acceptors (Lipinski definition) is 3. The molecule has 0 aliphatic heterocycles. The number of rotatable bonds is 1. The van der Waals surface area contributed by atoms with Gasteiger partial charge in [0.15, 0.2) is 6.07 Å². The molecule has 0 atom stereocenters. The first kappa shape index (κ1) is 14.8. The Morgan fingerprint density at radius 1 is 1.09 bits per heavy atom. The van der Waals surface area contributed by atoms with E-state index >= 15 is 0 Å². The SMILES string of the molecule is Cc1ccc(-c2c(C#N)[n+](=O)c3cc(C)c(C)cc3n2[O-])cc1. The van der Waals surface area contributed by atoms with Crippen molar-refractivity contribution in [3.63, 3.8) is 0 Å². The van der Waals surface area contributed by atoms with Crippen LogP contribution in [0.5, 0.6) is 0 Å². The van der Waals surface area contributed by atoms with Crippen LogP contribution in [0.4, 0.5) is 0 Å². The molecule has 1 aromatic heterocycles. The van der Waals surface area contributed by atoms with Gasteiger partial charge in [-0.2, -0.15) is 5.26 Å². The van der Waals surface area contributed by atoms with Crippen molar-refractivity contribution >= 4 is 11.0 Å². The van der Waals surface area contributed by atoms with Crippen molar-refractivity contribution < 1.29 is 4.43 Å². The number of nitriles is 1. The van der Waals surface area contributed by atoms with Crippen LogP contribution < -0.4 is 4.43 Å². The second-order valence-corrected chi connectivity index (χ2v) is 5.69. The molecule has 0 saturated heterocycles. The normalized spacial score (nSPS) is 10.7. The van der Waals surface area contributed by atoms with Crippen LogP contribution in [0, 0.1) is 42.2 Å². The monoisotopic (exact) mass is 305 g/mol. The third-order valence-electron chi connectivity index (χ3n) is 4.09. The Labute approximate surface area is 133 Å². The lowest BCUT2D eigenvalue weighted by atomic mass is 10.1. The number of nitrogens with zero attached hydrogens (tertiary/aromatic N) is 3. The molecule has 0 radical (unpaired) electrons. The fourth-order valence-corrected chi connectivity index (χ4v) is 2.61. The highest BCUT2D eigenvalue weighted by Crippen LogP contribution is 2.26. The standard InChI is InChI=1S/C18H15N3O2/c1-11-4-6-14(7-5-11)18-17(10-19)20(22)15-8-12(2)13(3)9-16(15)21(18)23/h4-9H,1-3H3. The summed E-state index contributed by atoms with van der Waals surface area (Å²) < 4.78 is 1.23. The van der Waals surface area contributed by atoms with Crippen LogP contribution in [0.25, 0.3) is 22.3 Å². The van der Waals surface area contributed by atoms with Gasteiger partial charge in [-0.1, -0.05) is 29.8 Å². The third kappa shape index (κ3) is 2.25. The molecule has 114 valence electrons. The molecule has 0 fully saturated rings. The molecule has 0 bridgehead atoms. The molecule has 0 N–H and O–H groups in total. The average Bonchev–Trinajstić information content (AvgIpc) is 2.53. The van der Waals surface area contributed by atoms with E-state index in [0.29, 0.717) is 14.7 Å². The summed E-state index contributed by atoms with van der Waals surface area (Å²) in [5.74, 6) is 0. The van der Waals surface area contributed by atoms with E-state index in [-0.39, 0.29) is 22.4 Å². The van der Waals surface area contributed by atoms with Crippen LogP contribution in [0.1, 0.15) is 22.4 Å². The molecule has 0 aliphatic rings. The van der Waals surface area contributed by atoms with Crippen molar-refractivity contribution in [3.05, 3.63) is 68.9 Å². The van der Waals surface area contributed by atoms with E-state index in [2.05, 4.69) is 0 Å². The van der Waals surface area contributed by atoms with Gasteiger partial charge in [-0.05, 0) is 38.0 Å². The quantitative estimate of drug-likeness (QED) is 0.647. The second-order valence-electron chi connectivity index (χ2n) is 5.69. The van der Waals surface area contributed by atoms with Gasteiger partial charge in [-0.3, -0.25) is 0 Å². The minimum atomic E-state index is -0.195. The van der Waals surface area contributed by atoms with Gasteiger partial charge in [0.1, 0.15) is 11.2 Å². The molecule has 23 heavy (non-hydrogen) atoms. The van der Waals surface area contributed by atoms with E-state index in [1.807, 2.05) is 39.0 Å². The smallest absolute Gasteiger partial charge is 0.363 e. The predicted octanol–water partition coefficient (Wildman–Crippen LogP) is 3.37. The molecule has 2 aromatic carbocycles. The van der Waals surface area contributed by atoms with Crippen LogP contribution in [0.2, 0.25) is 0 Å². The summed E-state index contributed by atoms with van der Waals surface area (Å²) in [6, 6.07) is 12.4. The maximum absolute atomic E-state index is 12.8. The Morgan fingerprint density at radius 2 is 1.70 bits per heavy atom. The Kier molecular flexibility index (Phi) is 3.38. The molecule has 3 aromatic rings. The Hall–Kier alpha value is -3.13. The van der Waals surface area contributed by atoms with E-state index in [1.165, 1.54) is 0 Å². The molecule has 3 rings (SSSR count). The van der Waals surface area contributed by atoms with Gasteiger partial charge < -0.3 is 9.94 Å². The highest BCUT2D eigenvalue weighted by Gasteiger charge is 2.24. The highest BCUT2D eigenvalue weighted by atomic mass is 16.5. The van der Waals surface area contributed by atoms with E-state index in [4.69, 9.17) is 0 Å². The summed E-state index contributed by atoms with van der Waals surface area (Å²) in [5, 5.41) is 22.2. The lowest BCUT2D eigenvalue weighted by Gasteiger charge is -2.18. The summed E-state index contributed by atoms with van der Waals surface area (Å²) in [6.45, 7) is 5.68. The summed E-state index contributed by atoms with van der Waals surface area (Å²) in [6.07, 6.45) is 0. The van der Waals surface area contributed by atoms with Crippen LogP contribution in [0.3, 0.4) is 0 Å². The molecule has 5 nitrogen and oxygen atoms in total. The first-order valence-electron chi connectivity index (χ1n) is 7.21. The molecule has 0 aliphatic carbocycles. The first-order valence-corrected chi connectivity index (χ1v) is 7.21. The van der Waals surface area contributed by atoms with Crippen molar-refractivity contribution in [2.24, 2.45) is 0 Å². The molecule has 0 amide bonds. The maximum Gasteiger partial charge on any atom is 0.363 e. The lowest BCUT2D eigenvalue weighted by molar-refractivity contribution is -0.467. The molecule has 0 spiro atoms. The molecule has 0 saturated carbocycles. The van der Waals surface area contributed by atoms with Crippen molar-refractivity contribution in [1.29, 1.82) is 5.26 Å². The van der Waals surface area contributed by atoms with Crippen molar-refractivity contribution in [2.75, 3.05) is 0 Å². The van der Waals surface area contributed by atoms with Crippen LogP contribution >= 0.6 is 0 Å². The van der Waals surface area contributed by atoms with Gasteiger partial charge >= 0.3 is 5.69 Å². The van der Waals surface area contributed by atoms with Gasteiger partial charge in [0.25, 0.3) is 5.52 Å². The van der Waals surface area contributed by atoms with Gasteiger partial charge in [0, 0.05) is 16.5 Å². The van der Waals surface area contributed by atoms with E-state index < -0.39 is 0 Å². The van der Waals surface area contributed by atoms with E-state index in [1.54, 1.807) is 24.3 Å². The van der Waals surface area contributed by atoms with E-state index in [9.17, 15) is 15.4 Å². The Morgan fingerprint density at radius 3 is 2.30 bits per heavy atom. The highest BCUT2D eigenvalue weighted by molar-refractivity contribution is 5.79. The maximum atomic E-state index is 12.8. The number of aromatic nitrogens is 2. The zero-order valence-corrected chi connectivity index (χ0v) is 13.1. The van der Waals surface area contributed by atoms with Crippen LogP contribution in [-0.4, -0.2) is 4.73 Å². The first-order chi connectivity index (χ1) is 10.9. The summed E-state index contributed by atoms with van der Waals surface area (Å²) in [7, 11) is 0. The summed E-state index contributed by atoms with van der Waals surface area (Å²) in [5.41, 5.74) is 3.75. The summed E-state index contributed by atoms with van der Waals surface area (Å²) in [4.78, 5) is 12.6. The third-order valence-corrected chi connectivity index (χ3v) is 4.09. The Balaban J connectivity index is 2.49. The zero-order chi connectivity index (χ0) is 16.7. The lowest BCUT2D eigenvalue weighted by Crippen LogP contribution is -2.25. The zero-order valence-electron chi connectivity index (χ0n) is 13.1. The van der Waals surface area contributed by atoms with Gasteiger partial charge in [-0.15, -0.1) is 0 Å². The molecular formula is C18H15N3O2. The van der Waals surface area contributed by atoms with Crippen molar-refractivity contribution in [3.8, 4) is 17.3 Å². The fourth-order valence-electron chi connectivity index (χ4n) is 2.61. The number of fused-ring (bicyclic) bond motifs is 1. The minimum Gasteiger partial charge on any atom is -0.805 e. The molecule has 1 heterocycles. The van der Waals surface area contributed by atoms with E-state index in [0.717, 1.165) is 16.7 Å². The fraction of sp³-hybridized carbons (Fsp3) is 0.167. The van der Waals surface area contributed by atoms with Gasteiger partial charge in [0.2, 0.25) is 0 Å². The summed E-state index contributed by atoms with van der Waals surface area (Å²) >= 11 is 0. The van der Waals surface area contributed by atoms with Crippen LogP contribution in [0.15, 0.2) is 36.4 Å². The average molecular weight is 305 g/mol. The molecule has 0 unspecified atom stereocenters. The molecule has 5 heteroatoms. The predicted molar refractivity (Wildman–Crippen MR) is 88.4 cm³/mol. The van der Waals surface area contributed by atoms with Crippen molar-refractivity contribution in [1.82, 2.24) is 4.73 Å². The second kappa shape index (κ2) is 5.25. The van der Waals surface area contributed by atoms with Gasteiger partial charge in [0.05, 0.1) is 4.43 Å². The molecular weight excluding hydrogens is 290 g/mol. The number of benzene rings is 2. The Bertz CT molecular complexity index is 1030. The van der Waals surface area contributed by atoms with Gasteiger partial charge in [-0.25, -0.2) is 0 Å². The largest absolute Gasteiger partial charge is 0.805 e. The topological polar surface area (TPSA) is 74.8 Å². The van der Waals surface area contributed by atoms with Crippen LogP contribution in [-0.2, 0) is 0 Å².